The van der Waals surface area contributed by atoms with Gasteiger partial charge in [-0.15, -0.1) is 5.10 Å². The van der Waals surface area contributed by atoms with E-state index >= 15 is 0 Å². The van der Waals surface area contributed by atoms with Crippen molar-refractivity contribution in [3.63, 3.8) is 0 Å². The number of fused-ring (bicyclic) bond motifs is 2. The van der Waals surface area contributed by atoms with Gasteiger partial charge in [0.1, 0.15) is 18.5 Å². The van der Waals surface area contributed by atoms with Crippen LogP contribution in [0, 0.1) is 0 Å². The molecule has 0 aliphatic carbocycles. The van der Waals surface area contributed by atoms with Crippen LogP contribution in [0.3, 0.4) is 0 Å². The number of imidazole rings is 1. The Labute approximate surface area is 198 Å². The normalized spacial score (nSPS) is 12.3. The van der Waals surface area contributed by atoms with Crippen molar-refractivity contribution in [2.45, 2.75) is 38.7 Å². The largest absolute Gasteiger partial charge is 0.492 e. The maximum Gasteiger partial charge on any atom is 0.336 e. The highest BCUT2D eigenvalue weighted by Crippen LogP contribution is 2.30. The van der Waals surface area contributed by atoms with Gasteiger partial charge in [-0.25, -0.2) is 9.50 Å². The summed E-state index contributed by atoms with van der Waals surface area (Å²) in [7, 11) is 1.91. The highest BCUT2D eigenvalue weighted by Gasteiger charge is 2.17. The van der Waals surface area contributed by atoms with E-state index in [1.54, 1.807) is 10.7 Å². The molecule has 1 atom stereocenters. The van der Waals surface area contributed by atoms with E-state index in [1.165, 1.54) is 0 Å². The number of nitrogen functional groups attached to an aromatic ring is 1. The summed E-state index contributed by atoms with van der Waals surface area (Å²) in [5.74, 6) is 1.12. The molecule has 2 heterocycles. The second-order valence-corrected chi connectivity index (χ2v) is 8.20. The first-order valence-corrected chi connectivity index (χ1v) is 11.7. The molecular formula is C25H32N6O3. The maximum absolute atomic E-state index is 9.34. The molecule has 4 rings (SSSR count). The average molecular weight is 465 g/mol. The number of nitrogens with one attached hydrogen (secondary N) is 1. The third-order valence-electron chi connectivity index (χ3n) is 5.73. The lowest BCUT2D eigenvalue weighted by molar-refractivity contribution is 0.133. The van der Waals surface area contributed by atoms with E-state index in [1.807, 2.05) is 25.2 Å². The van der Waals surface area contributed by atoms with E-state index in [0.717, 1.165) is 47.2 Å². The van der Waals surface area contributed by atoms with Crippen molar-refractivity contribution >= 4 is 22.2 Å². The minimum Gasteiger partial charge on any atom is -0.492 e. The number of rotatable bonds is 12. The molecule has 2 aromatic carbocycles. The number of aliphatic hydroxyl groups is 1. The topological polar surface area (TPSA) is 120 Å². The first kappa shape index (κ1) is 23.7. The van der Waals surface area contributed by atoms with Gasteiger partial charge in [0.25, 0.3) is 0 Å². The fourth-order valence-corrected chi connectivity index (χ4v) is 4.05. The lowest BCUT2D eigenvalue weighted by Gasteiger charge is -2.16. The van der Waals surface area contributed by atoms with Gasteiger partial charge in [0, 0.05) is 31.4 Å². The zero-order chi connectivity index (χ0) is 23.9. The standard InChI is InChI=1S/C25H32N6O3/c1-3-6-19(11-13-32)34-25-29-23(26)24-28-16-18(31(24)30-25)15-17-9-10-22(33-14-12-27-2)21-8-5-4-7-20(17)21/h4-5,7-10,16,19,27,32H,3,6,11-15H2,1-2H3,(H2,26,29,30)/t19-/m1/s1. The number of hydrogen-bond acceptors (Lipinski definition) is 8. The van der Waals surface area contributed by atoms with Crippen LogP contribution in [0.2, 0.25) is 0 Å². The van der Waals surface area contributed by atoms with Crippen LogP contribution >= 0.6 is 0 Å². The van der Waals surface area contributed by atoms with Crippen molar-refractivity contribution in [1.29, 1.82) is 0 Å². The van der Waals surface area contributed by atoms with Crippen LogP contribution in [0.5, 0.6) is 11.8 Å². The molecule has 0 saturated heterocycles. The monoisotopic (exact) mass is 464 g/mol. The molecule has 0 spiro atoms. The minimum atomic E-state index is -0.168. The van der Waals surface area contributed by atoms with Crippen molar-refractivity contribution < 1.29 is 14.6 Å². The van der Waals surface area contributed by atoms with E-state index in [9.17, 15) is 5.11 Å². The number of anilines is 1. The number of likely N-dealkylation sites (N-methyl/N-ethyl adjacent to an activating group) is 1. The van der Waals surface area contributed by atoms with Crippen LogP contribution in [0.15, 0.2) is 42.6 Å². The second kappa shape index (κ2) is 11.1. The summed E-state index contributed by atoms with van der Waals surface area (Å²) in [6.07, 6.45) is 4.45. The van der Waals surface area contributed by atoms with Crippen molar-refractivity contribution in [2.24, 2.45) is 0 Å². The third-order valence-corrected chi connectivity index (χ3v) is 5.73. The lowest BCUT2D eigenvalue weighted by atomic mass is 10.0. The Kier molecular flexibility index (Phi) is 7.76. The Morgan fingerprint density at radius 2 is 1.97 bits per heavy atom. The van der Waals surface area contributed by atoms with E-state index in [2.05, 4.69) is 45.5 Å². The summed E-state index contributed by atoms with van der Waals surface area (Å²) in [6, 6.07) is 12.5. The summed E-state index contributed by atoms with van der Waals surface area (Å²) >= 11 is 0. The summed E-state index contributed by atoms with van der Waals surface area (Å²) in [5, 5.41) is 19.2. The highest BCUT2D eigenvalue weighted by atomic mass is 16.5. The summed E-state index contributed by atoms with van der Waals surface area (Å²) in [6.45, 7) is 3.49. The van der Waals surface area contributed by atoms with Gasteiger partial charge in [-0.1, -0.05) is 43.7 Å². The average Bonchev–Trinajstić information content (AvgIpc) is 3.24. The molecule has 0 aliphatic heterocycles. The van der Waals surface area contributed by atoms with E-state index in [0.29, 0.717) is 25.1 Å². The van der Waals surface area contributed by atoms with Gasteiger partial charge in [-0.2, -0.15) is 4.98 Å². The van der Waals surface area contributed by atoms with Crippen LogP contribution < -0.4 is 20.5 Å². The minimum absolute atomic E-state index is 0.0421. The molecule has 180 valence electrons. The number of nitrogens with zero attached hydrogens (tertiary/aromatic N) is 4. The predicted octanol–water partition coefficient (Wildman–Crippen LogP) is 2.98. The Morgan fingerprint density at radius 3 is 2.74 bits per heavy atom. The van der Waals surface area contributed by atoms with Gasteiger partial charge >= 0.3 is 6.01 Å². The Morgan fingerprint density at radius 1 is 1.15 bits per heavy atom. The first-order valence-electron chi connectivity index (χ1n) is 11.7. The molecule has 0 aliphatic rings. The fraction of sp³-hybridized carbons (Fsp3) is 0.400. The number of benzene rings is 2. The molecule has 0 saturated carbocycles. The van der Waals surface area contributed by atoms with Crippen molar-refractivity contribution in [3.05, 3.63) is 53.9 Å². The molecule has 34 heavy (non-hydrogen) atoms. The number of aromatic nitrogens is 4. The number of nitrogens with two attached hydrogens (primary N) is 1. The van der Waals surface area contributed by atoms with Gasteiger partial charge < -0.3 is 25.6 Å². The van der Waals surface area contributed by atoms with Gasteiger partial charge in [0.2, 0.25) is 0 Å². The van der Waals surface area contributed by atoms with Crippen LogP contribution in [0.4, 0.5) is 5.82 Å². The fourth-order valence-electron chi connectivity index (χ4n) is 4.05. The quantitative estimate of drug-likeness (QED) is 0.274. The van der Waals surface area contributed by atoms with Crippen molar-refractivity contribution in [1.82, 2.24) is 24.9 Å². The van der Waals surface area contributed by atoms with Gasteiger partial charge in [-0.05, 0) is 30.5 Å². The molecule has 2 aromatic heterocycles. The zero-order valence-electron chi connectivity index (χ0n) is 19.7. The van der Waals surface area contributed by atoms with Gasteiger partial charge in [-0.3, -0.25) is 0 Å². The maximum atomic E-state index is 9.34. The van der Waals surface area contributed by atoms with Crippen LogP contribution in [-0.4, -0.2) is 57.6 Å². The molecule has 4 aromatic rings. The van der Waals surface area contributed by atoms with E-state index in [-0.39, 0.29) is 24.5 Å². The van der Waals surface area contributed by atoms with Crippen LogP contribution in [0.25, 0.3) is 16.4 Å². The molecule has 9 nitrogen and oxygen atoms in total. The predicted molar refractivity (Wildman–Crippen MR) is 132 cm³/mol. The van der Waals surface area contributed by atoms with Gasteiger partial charge in [0.05, 0.1) is 11.9 Å². The summed E-state index contributed by atoms with van der Waals surface area (Å²) in [5.41, 5.74) is 8.66. The third kappa shape index (κ3) is 5.21. The first-order chi connectivity index (χ1) is 16.6. The Bertz CT molecular complexity index is 1240. The number of ether oxygens (including phenoxy) is 2. The van der Waals surface area contributed by atoms with Gasteiger partial charge in [0.15, 0.2) is 11.5 Å². The second-order valence-electron chi connectivity index (χ2n) is 8.20. The molecule has 0 fully saturated rings. The molecule has 0 bridgehead atoms. The smallest absolute Gasteiger partial charge is 0.336 e. The van der Waals surface area contributed by atoms with Crippen LogP contribution in [0.1, 0.15) is 37.4 Å². The summed E-state index contributed by atoms with van der Waals surface area (Å²) in [4.78, 5) is 8.72. The highest BCUT2D eigenvalue weighted by molar-refractivity contribution is 5.91. The Balaban J connectivity index is 1.66. The molecule has 4 N–H and O–H groups in total. The molecule has 0 unspecified atom stereocenters. The van der Waals surface area contributed by atoms with Crippen LogP contribution in [-0.2, 0) is 6.42 Å². The number of aliphatic hydroxyl groups excluding tert-OH is 1. The summed E-state index contributed by atoms with van der Waals surface area (Å²) < 4.78 is 13.6. The molecule has 9 heteroatoms. The SMILES string of the molecule is CCC[C@H](CCO)Oc1nc(N)c2ncc(Cc3ccc(OCCNC)c4ccccc34)n2n1. The number of hydrogen-bond donors (Lipinski definition) is 3. The lowest BCUT2D eigenvalue weighted by Crippen LogP contribution is -2.20. The Hall–Kier alpha value is -3.43. The van der Waals surface area contributed by atoms with E-state index in [4.69, 9.17) is 15.2 Å². The zero-order valence-corrected chi connectivity index (χ0v) is 19.7. The van der Waals surface area contributed by atoms with Crippen molar-refractivity contribution in [3.8, 4) is 11.8 Å². The molecule has 0 radical (unpaired) electrons. The van der Waals surface area contributed by atoms with Crippen molar-refractivity contribution in [2.75, 3.05) is 32.5 Å². The molecule has 0 amide bonds. The molecular weight excluding hydrogens is 432 g/mol. The van der Waals surface area contributed by atoms with E-state index < -0.39 is 0 Å².